The summed E-state index contributed by atoms with van der Waals surface area (Å²) in [6.07, 6.45) is 10.5. The first-order chi connectivity index (χ1) is 8.92. The van der Waals surface area contributed by atoms with Crippen LogP contribution in [0.4, 0.5) is 0 Å². The topological polar surface area (TPSA) is 46.5 Å². The summed E-state index contributed by atoms with van der Waals surface area (Å²) in [4.78, 5) is 8.67. The fourth-order valence-electron chi connectivity index (χ4n) is 2.34. The lowest BCUT2D eigenvalue weighted by Gasteiger charge is -2.21. The van der Waals surface area contributed by atoms with Gasteiger partial charge in [-0.2, -0.15) is 0 Å². The molecule has 0 spiro atoms. The van der Waals surface area contributed by atoms with Crippen molar-refractivity contribution < 1.29 is 4.74 Å². The summed E-state index contributed by atoms with van der Waals surface area (Å²) in [5.41, 5.74) is 1.91. The maximum Gasteiger partial charge on any atom is 0.225 e. The van der Waals surface area contributed by atoms with Crippen molar-refractivity contribution in [1.82, 2.24) is 10.3 Å². The van der Waals surface area contributed by atoms with Crippen molar-refractivity contribution >= 4 is 11.8 Å². The Kier molecular flexibility index (Phi) is 3.37. The van der Waals surface area contributed by atoms with Gasteiger partial charge in [0.05, 0.1) is 11.8 Å². The summed E-state index contributed by atoms with van der Waals surface area (Å²) >= 11 is 0. The molecule has 0 bridgehead atoms. The van der Waals surface area contributed by atoms with Crippen LogP contribution >= 0.6 is 0 Å². The van der Waals surface area contributed by atoms with Gasteiger partial charge in [0.2, 0.25) is 6.35 Å². The Labute approximate surface area is 107 Å². The van der Waals surface area contributed by atoms with E-state index in [0.717, 1.165) is 24.1 Å². The van der Waals surface area contributed by atoms with E-state index in [2.05, 4.69) is 15.3 Å². The minimum Gasteiger partial charge on any atom is -0.347 e. The summed E-state index contributed by atoms with van der Waals surface area (Å²) in [6, 6.07) is 5.85. The number of aliphatic imine (C=N–C) groups is 1. The lowest BCUT2D eigenvalue weighted by molar-refractivity contribution is -0.0140. The number of aromatic nitrogens is 1. The molecule has 94 valence electrons. The second-order valence-electron chi connectivity index (χ2n) is 4.65. The molecule has 0 amide bonds. The number of nitrogens with one attached hydrogen (secondary N) is 1. The van der Waals surface area contributed by atoms with Crippen LogP contribution in [0.25, 0.3) is 5.57 Å². The van der Waals surface area contributed by atoms with Crippen LogP contribution in [-0.2, 0) is 4.74 Å². The van der Waals surface area contributed by atoms with E-state index in [1.165, 1.54) is 12.8 Å². The largest absolute Gasteiger partial charge is 0.347 e. The molecule has 1 aliphatic carbocycles. The van der Waals surface area contributed by atoms with Crippen LogP contribution in [-0.4, -0.2) is 23.7 Å². The predicted octanol–water partition coefficient (Wildman–Crippen LogP) is 2.34. The van der Waals surface area contributed by atoms with Gasteiger partial charge in [-0.3, -0.25) is 4.98 Å². The van der Waals surface area contributed by atoms with E-state index in [0.29, 0.717) is 6.10 Å². The summed E-state index contributed by atoms with van der Waals surface area (Å²) in [5.74, 6) is 0. The molecule has 3 rings (SSSR count). The molecule has 2 aliphatic rings. The van der Waals surface area contributed by atoms with Crippen LogP contribution < -0.4 is 5.32 Å². The van der Waals surface area contributed by atoms with Crippen molar-refractivity contribution in [2.45, 2.75) is 38.1 Å². The van der Waals surface area contributed by atoms with Crippen LogP contribution in [0, 0.1) is 0 Å². The van der Waals surface area contributed by atoms with E-state index in [4.69, 9.17) is 4.74 Å². The number of ether oxygens (including phenoxy) is 1. The van der Waals surface area contributed by atoms with Crippen molar-refractivity contribution in [2.75, 3.05) is 0 Å². The quantitative estimate of drug-likeness (QED) is 0.886. The molecule has 1 aromatic heterocycles. The molecular weight excluding hydrogens is 226 g/mol. The first-order valence-corrected chi connectivity index (χ1v) is 6.48. The Hall–Kier alpha value is -1.68. The highest BCUT2D eigenvalue weighted by Crippen LogP contribution is 2.22. The first kappa shape index (κ1) is 11.4. The monoisotopic (exact) mass is 243 g/mol. The van der Waals surface area contributed by atoms with E-state index in [1.807, 2.05) is 30.6 Å². The fraction of sp³-hybridized carbons (Fsp3) is 0.429. The standard InChI is InChI=1S/C14H17N3O/c1-2-6-12(5-1)18-14-16-9-11(10-17-14)13-7-3-4-8-15-13/h3-4,7-10,12,14,16H,1-2,5-6H2. The van der Waals surface area contributed by atoms with Gasteiger partial charge in [-0.25, -0.2) is 4.99 Å². The molecule has 1 saturated carbocycles. The number of pyridine rings is 1. The molecular formula is C14H17N3O. The third-order valence-electron chi connectivity index (χ3n) is 3.31. The molecule has 18 heavy (non-hydrogen) atoms. The van der Waals surface area contributed by atoms with Gasteiger partial charge in [-0.15, -0.1) is 0 Å². The van der Waals surface area contributed by atoms with E-state index in [9.17, 15) is 0 Å². The van der Waals surface area contributed by atoms with Crippen molar-refractivity contribution in [3.8, 4) is 0 Å². The van der Waals surface area contributed by atoms with Gasteiger partial charge in [0.15, 0.2) is 0 Å². The normalized spacial score (nSPS) is 23.8. The third-order valence-corrected chi connectivity index (χ3v) is 3.31. The molecule has 1 unspecified atom stereocenters. The Balaban J connectivity index is 1.60. The maximum atomic E-state index is 5.86. The zero-order valence-corrected chi connectivity index (χ0v) is 10.2. The van der Waals surface area contributed by atoms with Gasteiger partial charge in [0, 0.05) is 24.2 Å². The lowest BCUT2D eigenvalue weighted by Crippen LogP contribution is -2.32. The van der Waals surface area contributed by atoms with Gasteiger partial charge < -0.3 is 10.1 Å². The average Bonchev–Trinajstić information content (AvgIpc) is 2.94. The maximum absolute atomic E-state index is 5.86. The number of rotatable bonds is 3. The summed E-state index contributed by atoms with van der Waals surface area (Å²) in [7, 11) is 0. The van der Waals surface area contributed by atoms with Gasteiger partial charge in [0.1, 0.15) is 0 Å². The minimum absolute atomic E-state index is 0.236. The van der Waals surface area contributed by atoms with Crippen LogP contribution in [0.2, 0.25) is 0 Å². The number of hydrogen-bond donors (Lipinski definition) is 1. The molecule has 1 aliphatic heterocycles. The van der Waals surface area contributed by atoms with Gasteiger partial charge in [-0.1, -0.05) is 18.9 Å². The number of allylic oxidation sites excluding steroid dienone is 1. The summed E-state index contributed by atoms with van der Waals surface area (Å²) in [5, 5.41) is 3.17. The molecule has 0 aromatic carbocycles. The molecule has 1 atom stereocenters. The van der Waals surface area contributed by atoms with Crippen LogP contribution in [0.1, 0.15) is 31.4 Å². The summed E-state index contributed by atoms with van der Waals surface area (Å²) < 4.78 is 5.86. The summed E-state index contributed by atoms with van der Waals surface area (Å²) in [6.45, 7) is 0. The number of nitrogens with zero attached hydrogens (tertiary/aromatic N) is 2. The van der Waals surface area contributed by atoms with Gasteiger partial charge in [0.25, 0.3) is 0 Å². The second-order valence-corrected chi connectivity index (χ2v) is 4.65. The smallest absolute Gasteiger partial charge is 0.225 e. The fourth-order valence-corrected chi connectivity index (χ4v) is 2.34. The highest BCUT2D eigenvalue weighted by molar-refractivity contribution is 6.09. The van der Waals surface area contributed by atoms with Crippen LogP contribution in [0.3, 0.4) is 0 Å². The van der Waals surface area contributed by atoms with Crippen molar-refractivity contribution in [1.29, 1.82) is 0 Å². The Morgan fingerprint density at radius 3 is 2.78 bits per heavy atom. The molecule has 4 nitrogen and oxygen atoms in total. The highest BCUT2D eigenvalue weighted by atomic mass is 16.5. The molecule has 4 heteroatoms. The molecule has 1 N–H and O–H groups in total. The molecule has 1 aromatic rings. The zero-order chi connectivity index (χ0) is 12.2. The van der Waals surface area contributed by atoms with Crippen molar-refractivity contribution in [2.24, 2.45) is 4.99 Å². The van der Waals surface area contributed by atoms with Crippen LogP contribution in [0.5, 0.6) is 0 Å². The van der Waals surface area contributed by atoms with Crippen LogP contribution in [0.15, 0.2) is 35.6 Å². The zero-order valence-electron chi connectivity index (χ0n) is 10.2. The molecule has 0 saturated heterocycles. The Morgan fingerprint density at radius 2 is 2.11 bits per heavy atom. The second kappa shape index (κ2) is 5.31. The minimum atomic E-state index is -0.236. The number of hydrogen-bond acceptors (Lipinski definition) is 4. The lowest BCUT2D eigenvalue weighted by atomic mass is 10.2. The van der Waals surface area contributed by atoms with Crippen molar-refractivity contribution in [3.63, 3.8) is 0 Å². The molecule has 2 heterocycles. The Bertz CT molecular complexity index is 449. The average molecular weight is 243 g/mol. The Morgan fingerprint density at radius 1 is 1.22 bits per heavy atom. The molecule has 1 fully saturated rings. The third kappa shape index (κ3) is 2.59. The molecule has 0 radical (unpaired) electrons. The van der Waals surface area contributed by atoms with Gasteiger partial charge >= 0.3 is 0 Å². The SMILES string of the molecule is C1=NC(OC2CCCC2)NC=C1c1ccccn1. The predicted molar refractivity (Wildman–Crippen MR) is 71.0 cm³/mol. The van der Waals surface area contributed by atoms with Gasteiger partial charge in [-0.05, 0) is 25.0 Å². The first-order valence-electron chi connectivity index (χ1n) is 6.48. The van der Waals surface area contributed by atoms with E-state index >= 15 is 0 Å². The van der Waals surface area contributed by atoms with E-state index < -0.39 is 0 Å². The highest BCUT2D eigenvalue weighted by Gasteiger charge is 2.20. The van der Waals surface area contributed by atoms with Crippen molar-refractivity contribution in [3.05, 3.63) is 36.3 Å². The van der Waals surface area contributed by atoms with E-state index in [-0.39, 0.29) is 6.35 Å². The van der Waals surface area contributed by atoms with E-state index in [1.54, 1.807) is 6.20 Å².